The molecule has 4 amide bonds. The van der Waals surface area contributed by atoms with Gasteiger partial charge in [0.05, 0.1) is 9.40 Å². The summed E-state index contributed by atoms with van der Waals surface area (Å²) >= 11 is 3.36. The maximum atomic E-state index is 12.1. The fourth-order valence-corrected chi connectivity index (χ4v) is 3.07. The fourth-order valence-electron chi connectivity index (χ4n) is 2.56. The highest BCUT2D eigenvalue weighted by Crippen LogP contribution is 2.28. The predicted octanol–water partition coefficient (Wildman–Crippen LogP) is 3.03. The highest BCUT2D eigenvalue weighted by atomic mass is 79.9. The number of carbonyl (C=O) groups is 3. The first-order valence-electron chi connectivity index (χ1n) is 8.27. The molecule has 1 N–H and O–H groups in total. The molecule has 0 spiro atoms. The van der Waals surface area contributed by atoms with Gasteiger partial charge in [-0.05, 0) is 45.3 Å². The van der Waals surface area contributed by atoms with Crippen LogP contribution in [0, 0.1) is 10.1 Å². The van der Waals surface area contributed by atoms with Crippen LogP contribution in [0.4, 0.5) is 10.5 Å². The summed E-state index contributed by atoms with van der Waals surface area (Å²) in [6.45, 7) is 0.120. The normalized spacial score (nSPS) is 15.4. The first-order chi connectivity index (χ1) is 13.8. The summed E-state index contributed by atoms with van der Waals surface area (Å²) in [5.41, 5.74) is 0.991. The zero-order valence-electron chi connectivity index (χ0n) is 15.0. The number of nitro groups is 1. The van der Waals surface area contributed by atoms with E-state index >= 15 is 0 Å². The van der Waals surface area contributed by atoms with Gasteiger partial charge in [-0.3, -0.25) is 29.9 Å². The molecule has 3 rings (SSSR count). The highest BCUT2D eigenvalue weighted by Gasteiger charge is 2.32. The number of nitro benzene ring substituents is 1. The Labute approximate surface area is 173 Å². The maximum Gasteiger partial charge on any atom is 0.331 e. The summed E-state index contributed by atoms with van der Waals surface area (Å²) in [7, 11) is 1.28. The van der Waals surface area contributed by atoms with Crippen LogP contribution in [0.5, 0.6) is 5.75 Å². The molecule has 10 heteroatoms. The number of likely N-dealkylation sites (N-methyl/N-ethyl adjacent to an activating group) is 1. The minimum atomic E-state index is -0.775. The van der Waals surface area contributed by atoms with Gasteiger partial charge in [0.1, 0.15) is 17.9 Å². The number of hydrogen-bond donors (Lipinski definition) is 1. The summed E-state index contributed by atoms with van der Waals surface area (Å²) in [6, 6.07) is 10.3. The summed E-state index contributed by atoms with van der Waals surface area (Å²) in [4.78, 5) is 46.7. The van der Waals surface area contributed by atoms with E-state index < -0.39 is 22.8 Å². The molecule has 0 bridgehead atoms. The molecule has 0 aliphatic carbocycles. The maximum absolute atomic E-state index is 12.1. The van der Waals surface area contributed by atoms with Crippen molar-refractivity contribution in [1.29, 1.82) is 0 Å². The van der Waals surface area contributed by atoms with E-state index in [2.05, 4.69) is 21.2 Å². The average Bonchev–Trinajstić information content (AvgIpc) is 2.69. The van der Waals surface area contributed by atoms with E-state index in [0.29, 0.717) is 21.3 Å². The lowest BCUT2D eigenvalue weighted by atomic mass is 10.1. The van der Waals surface area contributed by atoms with Crippen molar-refractivity contribution < 1.29 is 24.0 Å². The molecule has 0 saturated carbocycles. The Morgan fingerprint density at radius 1 is 1.21 bits per heavy atom. The number of benzene rings is 2. The van der Waals surface area contributed by atoms with Gasteiger partial charge < -0.3 is 4.74 Å². The molecule has 1 heterocycles. The second-order valence-corrected chi connectivity index (χ2v) is 6.94. The number of nitrogens with one attached hydrogen (secondary N) is 1. The Kier molecular flexibility index (Phi) is 5.74. The quantitative estimate of drug-likeness (QED) is 0.317. The van der Waals surface area contributed by atoms with Gasteiger partial charge in [0.2, 0.25) is 0 Å². The first kappa shape index (κ1) is 20.2. The lowest BCUT2D eigenvalue weighted by molar-refractivity contribution is -0.384. The van der Waals surface area contributed by atoms with E-state index in [-0.39, 0.29) is 17.9 Å². The summed E-state index contributed by atoms with van der Waals surface area (Å²) in [5, 5.41) is 12.9. The second kappa shape index (κ2) is 8.23. The van der Waals surface area contributed by atoms with Crippen LogP contribution in [0.15, 0.2) is 52.5 Å². The van der Waals surface area contributed by atoms with Crippen molar-refractivity contribution in [2.24, 2.45) is 0 Å². The van der Waals surface area contributed by atoms with Crippen LogP contribution in [0.1, 0.15) is 11.1 Å². The molecule has 2 aromatic rings. The van der Waals surface area contributed by atoms with E-state index in [1.54, 1.807) is 30.3 Å². The van der Waals surface area contributed by atoms with Crippen LogP contribution >= 0.6 is 15.9 Å². The largest absolute Gasteiger partial charge is 0.488 e. The Bertz CT molecular complexity index is 1070. The smallest absolute Gasteiger partial charge is 0.331 e. The number of ether oxygens (including phenoxy) is 1. The summed E-state index contributed by atoms with van der Waals surface area (Å²) < 4.78 is 6.25. The minimum Gasteiger partial charge on any atom is -0.488 e. The van der Waals surface area contributed by atoms with Gasteiger partial charge in [0, 0.05) is 19.2 Å². The Balaban J connectivity index is 1.76. The van der Waals surface area contributed by atoms with Crippen molar-refractivity contribution in [3.05, 3.63) is 73.8 Å². The third-order valence-corrected chi connectivity index (χ3v) is 4.71. The van der Waals surface area contributed by atoms with Crippen LogP contribution in [0.2, 0.25) is 0 Å². The van der Waals surface area contributed by atoms with Gasteiger partial charge in [-0.1, -0.05) is 18.2 Å². The zero-order chi connectivity index (χ0) is 21.1. The molecule has 1 aliphatic heterocycles. The molecule has 2 aromatic carbocycles. The number of non-ortho nitro benzene ring substituents is 1. The third kappa shape index (κ3) is 4.49. The van der Waals surface area contributed by atoms with E-state index in [1.165, 1.54) is 25.3 Å². The van der Waals surface area contributed by atoms with E-state index in [4.69, 9.17) is 4.74 Å². The lowest BCUT2D eigenvalue weighted by Gasteiger charge is -2.22. The molecule has 1 saturated heterocycles. The van der Waals surface area contributed by atoms with Crippen molar-refractivity contribution in [2.45, 2.75) is 6.61 Å². The van der Waals surface area contributed by atoms with E-state index in [0.717, 1.165) is 4.90 Å². The van der Waals surface area contributed by atoms with E-state index in [9.17, 15) is 24.5 Å². The molecule has 0 aromatic heterocycles. The van der Waals surface area contributed by atoms with Gasteiger partial charge in [-0.25, -0.2) is 4.79 Å². The van der Waals surface area contributed by atoms with Crippen molar-refractivity contribution in [3.63, 3.8) is 0 Å². The summed E-state index contributed by atoms with van der Waals surface area (Å²) in [5.74, 6) is -0.980. The van der Waals surface area contributed by atoms with Crippen LogP contribution in [0.25, 0.3) is 6.08 Å². The monoisotopic (exact) mass is 459 g/mol. The number of halogens is 1. The standard InChI is InChI=1S/C19H14BrN3O6/c1-22-18(25)14(17(24)21-19(22)26)8-11-5-6-16(15(20)9-11)29-10-12-3-2-4-13(7-12)23(27)28/h2-9H,10H2,1H3,(H,21,24,26). The topological polar surface area (TPSA) is 119 Å². The predicted molar refractivity (Wildman–Crippen MR) is 106 cm³/mol. The van der Waals surface area contributed by atoms with Gasteiger partial charge in [-0.2, -0.15) is 0 Å². The highest BCUT2D eigenvalue weighted by molar-refractivity contribution is 9.10. The molecular formula is C19H14BrN3O6. The number of barbiturate groups is 1. The number of amides is 4. The fraction of sp³-hybridized carbons (Fsp3) is 0.105. The number of nitrogens with zero attached hydrogens (tertiary/aromatic N) is 2. The number of hydrogen-bond acceptors (Lipinski definition) is 6. The van der Waals surface area contributed by atoms with Crippen LogP contribution in [0.3, 0.4) is 0 Å². The van der Waals surface area contributed by atoms with Gasteiger partial charge in [-0.15, -0.1) is 0 Å². The van der Waals surface area contributed by atoms with Crippen molar-refractivity contribution in [3.8, 4) is 5.75 Å². The molecule has 29 heavy (non-hydrogen) atoms. The number of carbonyl (C=O) groups excluding carboxylic acids is 3. The number of rotatable bonds is 5. The van der Waals surface area contributed by atoms with Gasteiger partial charge in [0.25, 0.3) is 17.5 Å². The van der Waals surface area contributed by atoms with Crippen LogP contribution in [-0.4, -0.2) is 34.7 Å². The van der Waals surface area contributed by atoms with Crippen molar-refractivity contribution >= 4 is 45.5 Å². The van der Waals surface area contributed by atoms with Crippen LogP contribution in [-0.2, 0) is 16.2 Å². The Morgan fingerprint density at radius 3 is 2.66 bits per heavy atom. The molecular weight excluding hydrogens is 446 g/mol. The molecule has 1 aliphatic rings. The Morgan fingerprint density at radius 2 is 1.97 bits per heavy atom. The first-order valence-corrected chi connectivity index (χ1v) is 9.06. The molecule has 0 radical (unpaired) electrons. The molecule has 1 fully saturated rings. The molecule has 9 nitrogen and oxygen atoms in total. The average molecular weight is 460 g/mol. The molecule has 148 valence electrons. The van der Waals surface area contributed by atoms with Crippen molar-refractivity contribution in [1.82, 2.24) is 10.2 Å². The van der Waals surface area contributed by atoms with Crippen molar-refractivity contribution in [2.75, 3.05) is 7.05 Å². The number of urea groups is 1. The number of imide groups is 2. The second-order valence-electron chi connectivity index (χ2n) is 6.09. The van der Waals surface area contributed by atoms with Crippen LogP contribution < -0.4 is 10.1 Å². The van der Waals surface area contributed by atoms with Gasteiger partial charge in [0.15, 0.2) is 0 Å². The molecule has 0 atom stereocenters. The summed E-state index contributed by atoms with van der Waals surface area (Å²) in [6.07, 6.45) is 1.37. The van der Waals surface area contributed by atoms with E-state index in [1.807, 2.05) is 0 Å². The molecule has 0 unspecified atom stereocenters. The third-order valence-electron chi connectivity index (χ3n) is 4.09. The minimum absolute atomic E-state index is 0.0222. The Hall–Kier alpha value is -3.53. The zero-order valence-corrected chi connectivity index (χ0v) is 16.6. The lowest BCUT2D eigenvalue weighted by Crippen LogP contribution is -2.52. The SMILES string of the molecule is CN1C(=O)NC(=O)C(=Cc2ccc(OCc3cccc([N+](=O)[O-])c3)c(Br)c2)C1=O. The van der Waals surface area contributed by atoms with Gasteiger partial charge >= 0.3 is 6.03 Å².